The summed E-state index contributed by atoms with van der Waals surface area (Å²) in [5.74, 6) is 0. The molecular weight excluding hydrogens is 781 g/mol. The highest BCUT2D eigenvalue weighted by molar-refractivity contribution is 7.25. The van der Waals surface area contributed by atoms with Crippen LogP contribution in [-0.2, 0) is 5.41 Å². The second kappa shape index (κ2) is 13.4. The van der Waals surface area contributed by atoms with Gasteiger partial charge in [-0.3, -0.25) is 0 Å². The Kier molecular flexibility index (Phi) is 7.53. The summed E-state index contributed by atoms with van der Waals surface area (Å²) in [5.41, 5.74) is 18.3. The van der Waals surface area contributed by atoms with Crippen molar-refractivity contribution in [1.29, 1.82) is 0 Å². The molecular formula is C60H42N2S. The van der Waals surface area contributed by atoms with Crippen molar-refractivity contribution in [1.82, 2.24) is 9.13 Å². The smallest absolute Gasteiger partial charge is 0.0547 e. The maximum atomic E-state index is 2.61. The molecule has 0 aliphatic heterocycles. The summed E-state index contributed by atoms with van der Waals surface area (Å²) in [6.45, 7) is 0. The summed E-state index contributed by atoms with van der Waals surface area (Å²) in [6.07, 6.45) is 6.20. The average molecular weight is 823 g/mol. The topological polar surface area (TPSA) is 9.86 Å². The van der Waals surface area contributed by atoms with Crippen molar-refractivity contribution in [2.45, 2.75) is 37.5 Å². The molecule has 298 valence electrons. The van der Waals surface area contributed by atoms with E-state index in [-0.39, 0.29) is 5.41 Å². The van der Waals surface area contributed by atoms with Gasteiger partial charge in [-0.2, -0.15) is 0 Å². The molecule has 0 N–H and O–H groups in total. The van der Waals surface area contributed by atoms with E-state index in [1.165, 1.54) is 152 Å². The molecule has 1 saturated carbocycles. The molecule has 0 bridgehead atoms. The van der Waals surface area contributed by atoms with Gasteiger partial charge in [0.05, 0.1) is 22.1 Å². The SMILES string of the molecule is c1ccc(-c2cccc(-n3c4ccccc4c4ccc(-c5ccc6c(c5)C5(CCCCC5)c5cc7c8ccccc8n(-c8ccc9c(c8)sc8ccccc89)c7cc5-6)cc43)c2)cc1. The van der Waals surface area contributed by atoms with Crippen LogP contribution in [0.3, 0.4) is 0 Å². The highest BCUT2D eigenvalue weighted by atomic mass is 32.1. The maximum absolute atomic E-state index is 2.61. The van der Waals surface area contributed by atoms with Crippen LogP contribution in [0.1, 0.15) is 43.2 Å². The molecule has 0 unspecified atom stereocenters. The predicted octanol–water partition coefficient (Wildman–Crippen LogP) is 16.8. The first kappa shape index (κ1) is 35.4. The number of hydrogen-bond acceptors (Lipinski definition) is 1. The standard InChI is InChI=1S/C60H42N2S/c1-3-14-38(15-4-1)39-16-13-17-42(32-39)61-54-21-8-5-18-45(54)47-28-25-41(34-56(47)61)40-24-27-44-50-37-57-51(36-53(50)60(52(44)33-40)30-11-2-12-31-60)46-19-6-9-22-55(46)62(57)43-26-29-49-48-20-7-10-23-58(48)63-59(49)35-43/h1,3-10,13-29,32-37H,2,11-12,30-31H2. The molecule has 3 heterocycles. The molecule has 0 atom stereocenters. The number of benzene rings is 9. The van der Waals surface area contributed by atoms with Crippen LogP contribution in [0.25, 0.3) is 109 Å². The van der Waals surface area contributed by atoms with Crippen molar-refractivity contribution < 1.29 is 0 Å². The number of nitrogens with zero attached hydrogens (tertiary/aromatic N) is 2. The number of thiophene rings is 1. The fraction of sp³-hybridized carbons (Fsp3) is 0.100. The van der Waals surface area contributed by atoms with E-state index >= 15 is 0 Å². The molecule has 14 rings (SSSR count). The lowest BCUT2D eigenvalue weighted by Gasteiger charge is -2.36. The van der Waals surface area contributed by atoms with E-state index < -0.39 is 0 Å². The van der Waals surface area contributed by atoms with Crippen LogP contribution < -0.4 is 0 Å². The molecule has 0 saturated heterocycles. The minimum Gasteiger partial charge on any atom is -0.309 e. The molecule has 3 heteroatoms. The van der Waals surface area contributed by atoms with Gasteiger partial charge in [-0.15, -0.1) is 11.3 Å². The molecule has 2 aliphatic rings. The lowest BCUT2D eigenvalue weighted by atomic mass is 9.67. The Morgan fingerprint density at radius 1 is 0.333 bits per heavy atom. The molecule has 12 aromatic rings. The Labute approximate surface area is 369 Å². The third-order valence-corrected chi connectivity index (χ3v) is 15.8. The van der Waals surface area contributed by atoms with Crippen LogP contribution in [0.5, 0.6) is 0 Å². The highest BCUT2D eigenvalue weighted by Crippen LogP contribution is 2.58. The summed E-state index contributed by atoms with van der Waals surface area (Å²) in [6, 6.07) is 73.3. The van der Waals surface area contributed by atoms with Gasteiger partial charge in [0.2, 0.25) is 0 Å². The number of aromatic nitrogens is 2. The summed E-state index contributed by atoms with van der Waals surface area (Å²) in [5, 5.41) is 7.92. The van der Waals surface area contributed by atoms with Gasteiger partial charge in [-0.05, 0) is 124 Å². The molecule has 0 amide bonds. The summed E-state index contributed by atoms with van der Waals surface area (Å²) in [7, 11) is 0. The molecule has 9 aromatic carbocycles. The monoisotopic (exact) mass is 822 g/mol. The van der Waals surface area contributed by atoms with Crippen molar-refractivity contribution in [3.8, 4) is 44.8 Å². The van der Waals surface area contributed by atoms with Gasteiger partial charge in [0.1, 0.15) is 0 Å². The Morgan fingerprint density at radius 3 is 1.75 bits per heavy atom. The van der Waals surface area contributed by atoms with Gasteiger partial charge in [0.25, 0.3) is 0 Å². The van der Waals surface area contributed by atoms with Gasteiger partial charge in [-0.1, -0.05) is 147 Å². The van der Waals surface area contributed by atoms with Gasteiger partial charge in [-0.25, -0.2) is 0 Å². The van der Waals surface area contributed by atoms with E-state index in [4.69, 9.17) is 0 Å². The van der Waals surface area contributed by atoms with E-state index in [1.807, 2.05) is 11.3 Å². The van der Waals surface area contributed by atoms with E-state index in [0.717, 1.165) is 0 Å². The lowest BCUT2D eigenvalue weighted by molar-refractivity contribution is 0.353. The van der Waals surface area contributed by atoms with Crippen molar-refractivity contribution in [2.24, 2.45) is 0 Å². The van der Waals surface area contributed by atoms with E-state index in [2.05, 4.69) is 203 Å². The highest BCUT2D eigenvalue weighted by Gasteiger charge is 2.44. The van der Waals surface area contributed by atoms with Crippen LogP contribution in [0.4, 0.5) is 0 Å². The van der Waals surface area contributed by atoms with Crippen molar-refractivity contribution in [2.75, 3.05) is 0 Å². The fourth-order valence-electron chi connectivity index (χ4n) is 11.8. The Bertz CT molecular complexity index is 3830. The molecule has 1 spiro atoms. The fourth-order valence-corrected chi connectivity index (χ4v) is 13.0. The summed E-state index contributed by atoms with van der Waals surface area (Å²) >= 11 is 1.89. The van der Waals surface area contributed by atoms with E-state index in [9.17, 15) is 0 Å². The second-order valence-corrected chi connectivity index (χ2v) is 19.0. The van der Waals surface area contributed by atoms with Crippen LogP contribution >= 0.6 is 11.3 Å². The summed E-state index contributed by atoms with van der Waals surface area (Å²) < 4.78 is 7.67. The molecule has 1 fully saturated rings. The Morgan fingerprint density at radius 2 is 0.921 bits per heavy atom. The van der Waals surface area contributed by atoms with E-state index in [0.29, 0.717) is 0 Å². The zero-order valence-corrected chi connectivity index (χ0v) is 35.6. The third-order valence-electron chi connectivity index (χ3n) is 14.7. The number of fused-ring (bicyclic) bond motifs is 14. The molecule has 0 radical (unpaired) electrons. The third kappa shape index (κ3) is 5.12. The molecule has 2 nitrogen and oxygen atoms in total. The van der Waals surface area contributed by atoms with Gasteiger partial charge < -0.3 is 9.13 Å². The van der Waals surface area contributed by atoms with Gasteiger partial charge >= 0.3 is 0 Å². The minimum absolute atomic E-state index is 0.00316. The van der Waals surface area contributed by atoms with Gasteiger partial charge in [0, 0.05) is 58.5 Å². The predicted molar refractivity (Wildman–Crippen MR) is 268 cm³/mol. The van der Waals surface area contributed by atoms with Crippen molar-refractivity contribution >= 4 is 75.1 Å². The minimum atomic E-state index is 0.00316. The maximum Gasteiger partial charge on any atom is 0.0547 e. The molecule has 2 aliphatic carbocycles. The Hall–Kier alpha value is -7.20. The lowest BCUT2D eigenvalue weighted by Crippen LogP contribution is -2.28. The van der Waals surface area contributed by atoms with Crippen LogP contribution in [-0.4, -0.2) is 9.13 Å². The quantitative estimate of drug-likeness (QED) is 0.167. The van der Waals surface area contributed by atoms with Crippen LogP contribution in [0, 0.1) is 0 Å². The van der Waals surface area contributed by atoms with E-state index in [1.54, 1.807) is 0 Å². The number of rotatable bonds is 4. The first-order valence-corrected chi connectivity index (χ1v) is 23.4. The molecule has 63 heavy (non-hydrogen) atoms. The van der Waals surface area contributed by atoms with Crippen LogP contribution in [0.15, 0.2) is 194 Å². The first-order chi connectivity index (χ1) is 31.2. The summed E-state index contributed by atoms with van der Waals surface area (Å²) in [4.78, 5) is 0. The Balaban J connectivity index is 0.948. The number of hydrogen-bond donors (Lipinski definition) is 0. The van der Waals surface area contributed by atoms with Crippen molar-refractivity contribution in [3.63, 3.8) is 0 Å². The van der Waals surface area contributed by atoms with Crippen LogP contribution in [0.2, 0.25) is 0 Å². The largest absolute Gasteiger partial charge is 0.309 e. The normalized spacial score (nSPS) is 14.5. The van der Waals surface area contributed by atoms with Crippen molar-refractivity contribution in [3.05, 3.63) is 205 Å². The molecule has 3 aromatic heterocycles. The first-order valence-electron chi connectivity index (χ1n) is 22.5. The zero-order valence-electron chi connectivity index (χ0n) is 34.8. The zero-order chi connectivity index (χ0) is 41.2. The van der Waals surface area contributed by atoms with Gasteiger partial charge in [0.15, 0.2) is 0 Å². The average Bonchev–Trinajstić information content (AvgIpc) is 4.06. The number of para-hydroxylation sites is 2. The second-order valence-electron chi connectivity index (χ2n) is 18.0.